The van der Waals surface area contributed by atoms with E-state index in [-0.39, 0.29) is 24.5 Å². The number of morpholine rings is 1. The average Bonchev–Trinajstić information content (AvgIpc) is 3.06. The molecule has 1 saturated heterocycles. The smallest absolute Gasteiger partial charge is 0.251 e. The first kappa shape index (κ1) is 19.3. The van der Waals surface area contributed by atoms with E-state index in [1.54, 1.807) is 4.90 Å². The third-order valence-corrected chi connectivity index (χ3v) is 5.19. The largest absolute Gasteiger partial charge is 0.375 e. The third kappa shape index (κ3) is 4.45. The van der Waals surface area contributed by atoms with Gasteiger partial charge in [-0.3, -0.25) is 9.59 Å². The first-order valence-electron chi connectivity index (χ1n) is 8.92. The van der Waals surface area contributed by atoms with Crippen LogP contribution in [0.3, 0.4) is 0 Å². The number of nitrogens with one attached hydrogen (secondary N) is 1. The summed E-state index contributed by atoms with van der Waals surface area (Å²) < 4.78 is 5.67. The number of ether oxygens (including phenoxy) is 1. The van der Waals surface area contributed by atoms with Crippen LogP contribution in [0.5, 0.6) is 0 Å². The molecule has 1 aliphatic heterocycles. The van der Waals surface area contributed by atoms with E-state index in [9.17, 15) is 9.59 Å². The van der Waals surface area contributed by atoms with Gasteiger partial charge < -0.3 is 20.7 Å². The molecule has 2 atom stereocenters. The number of thiazole rings is 1. The number of carbonyl (C=O) groups is 2. The molecule has 2 heterocycles. The van der Waals surface area contributed by atoms with E-state index in [0.717, 1.165) is 11.3 Å². The van der Waals surface area contributed by atoms with Crippen molar-refractivity contribution in [3.05, 3.63) is 47.0 Å². The molecule has 1 aromatic heterocycles. The first-order chi connectivity index (χ1) is 13.0. The van der Waals surface area contributed by atoms with Crippen LogP contribution in [-0.2, 0) is 20.7 Å². The highest BCUT2D eigenvalue weighted by molar-refractivity contribution is 7.13. The summed E-state index contributed by atoms with van der Waals surface area (Å²) in [4.78, 5) is 31.2. The fourth-order valence-electron chi connectivity index (χ4n) is 3.29. The summed E-state index contributed by atoms with van der Waals surface area (Å²) in [5.41, 5.74) is 7.36. The standard InChI is InChI=1S/C19H24N4O3S/c1-12(2)23-15(24)10-26-17(16(23)13-6-4-3-5-7-13)18(25)21-9-8-14-11-27-19(20)22-14/h3-7,11-12,16-17H,8-10H2,1-2H3,(H2,20,22)(H,21,25)/t16-,17+/m1/s1. The summed E-state index contributed by atoms with van der Waals surface area (Å²) in [5.74, 6) is -0.342. The summed E-state index contributed by atoms with van der Waals surface area (Å²) in [5, 5.41) is 5.30. The number of rotatable bonds is 6. The van der Waals surface area contributed by atoms with Gasteiger partial charge in [0.2, 0.25) is 5.91 Å². The molecule has 2 amide bonds. The van der Waals surface area contributed by atoms with Crippen LogP contribution in [0.15, 0.2) is 35.7 Å². The topological polar surface area (TPSA) is 97.5 Å². The number of benzene rings is 1. The number of nitrogens with two attached hydrogens (primary N) is 1. The normalized spacial score (nSPS) is 20.1. The SMILES string of the molecule is CC(C)N1C(=O)CO[C@H](C(=O)NCCc2csc(N)n2)[C@H]1c1ccccc1. The number of hydrogen-bond acceptors (Lipinski definition) is 6. The second kappa shape index (κ2) is 8.49. The maximum absolute atomic E-state index is 12.8. The molecular formula is C19H24N4O3S. The van der Waals surface area contributed by atoms with Crippen molar-refractivity contribution >= 4 is 28.3 Å². The molecule has 3 N–H and O–H groups in total. The predicted molar refractivity (Wildman–Crippen MR) is 104 cm³/mol. The van der Waals surface area contributed by atoms with Gasteiger partial charge in [0.05, 0.1) is 11.7 Å². The Morgan fingerprint density at radius 3 is 2.78 bits per heavy atom. The van der Waals surface area contributed by atoms with Crippen LogP contribution in [0.25, 0.3) is 0 Å². The molecule has 0 radical (unpaired) electrons. The van der Waals surface area contributed by atoms with Crippen LogP contribution in [0.1, 0.15) is 31.1 Å². The summed E-state index contributed by atoms with van der Waals surface area (Å²) in [6.07, 6.45) is -0.164. The number of aromatic nitrogens is 1. The summed E-state index contributed by atoms with van der Waals surface area (Å²) >= 11 is 1.38. The van der Waals surface area contributed by atoms with E-state index in [1.807, 2.05) is 49.6 Å². The van der Waals surface area contributed by atoms with Crippen molar-refractivity contribution in [2.45, 2.75) is 38.5 Å². The molecule has 0 aliphatic carbocycles. The number of nitrogen functional groups attached to an aromatic ring is 1. The minimum atomic E-state index is -0.756. The van der Waals surface area contributed by atoms with E-state index in [4.69, 9.17) is 10.5 Å². The molecule has 0 saturated carbocycles. The van der Waals surface area contributed by atoms with Crippen molar-refractivity contribution in [2.24, 2.45) is 0 Å². The maximum atomic E-state index is 12.8. The fraction of sp³-hybridized carbons (Fsp3) is 0.421. The Bertz CT molecular complexity index is 793. The molecule has 0 spiro atoms. The Hall–Kier alpha value is -2.45. The van der Waals surface area contributed by atoms with Crippen molar-refractivity contribution in [3.8, 4) is 0 Å². The minimum Gasteiger partial charge on any atom is -0.375 e. The number of anilines is 1. The zero-order valence-corrected chi connectivity index (χ0v) is 16.2. The van der Waals surface area contributed by atoms with E-state index < -0.39 is 12.1 Å². The van der Waals surface area contributed by atoms with Crippen LogP contribution in [-0.4, -0.2) is 47.0 Å². The van der Waals surface area contributed by atoms with E-state index in [1.165, 1.54) is 11.3 Å². The van der Waals surface area contributed by atoms with Crippen molar-refractivity contribution in [2.75, 3.05) is 18.9 Å². The molecule has 1 aliphatic rings. The number of carbonyl (C=O) groups excluding carboxylic acids is 2. The molecule has 144 valence electrons. The van der Waals surface area contributed by atoms with Gasteiger partial charge in [0.15, 0.2) is 11.2 Å². The third-order valence-electron chi connectivity index (χ3n) is 4.47. The number of hydrogen-bond donors (Lipinski definition) is 2. The van der Waals surface area contributed by atoms with Gasteiger partial charge in [-0.05, 0) is 19.4 Å². The van der Waals surface area contributed by atoms with Gasteiger partial charge in [0, 0.05) is 24.4 Å². The zero-order valence-electron chi connectivity index (χ0n) is 15.4. The Morgan fingerprint density at radius 1 is 1.41 bits per heavy atom. The van der Waals surface area contributed by atoms with Gasteiger partial charge in [-0.15, -0.1) is 11.3 Å². The molecule has 8 heteroatoms. The van der Waals surface area contributed by atoms with Crippen LogP contribution in [0, 0.1) is 0 Å². The zero-order chi connectivity index (χ0) is 19.4. The highest BCUT2D eigenvalue weighted by Crippen LogP contribution is 2.32. The Balaban J connectivity index is 1.74. The highest BCUT2D eigenvalue weighted by Gasteiger charge is 2.42. The van der Waals surface area contributed by atoms with Gasteiger partial charge in [0.1, 0.15) is 6.61 Å². The van der Waals surface area contributed by atoms with Crippen molar-refractivity contribution in [1.29, 1.82) is 0 Å². The average molecular weight is 388 g/mol. The molecule has 1 fully saturated rings. The lowest BCUT2D eigenvalue weighted by Gasteiger charge is -2.42. The predicted octanol–water partition coefficient (Wildman–Crippen LogP) is 1.76. The van der Waals surface area contributed by atoms with Crippen LogP contribution in [0.4, 0.5) is 5.13 Å². The van der Waals surface area contributed by atoms with E-state index >= 15 is 0 Å². The monoisotopic (exact) mass is 388 g/mol. The van der Waals surface area contributed by atoms with Crippen LogP contribution >= 0.6 is 11.3 Å². The number of nitrogens with zero attached hydrogens (tertiary/aromatic N) is 2. The summed E-state index contributed by atoms with van der Waals surface area (Å²) in [7, 11) is 0. The molecule has 1 aromatic carbocycles. The molecule has 0 bridgehead atoms. The lowest BCUT2D eigenvalue weighted by atomic mass is 9.95. The van der Waals surface area contributed by atoms with Gasteiger partial charge in [0.25, 0.3) is 5.91 Å². The van der Waals surface area contributed by atoms with E-state index in [0.29, 0.717) is 18.1 Å². The molecule has 2 aromatic rings. The number of amides is 2. The van der Waals surface area contributed by atoms with Crippen molar-refractivity contribution < 1.29 is 14.3 Å². The highest BCUT2D eigenvalue weighted by atomic mass is 32.1. The lowest BCUT2D eigenvalue weighted by Crippen LogP contribution is -2.56. The maximum Gasteiger partial charge on any atom is 0.251 e. The second-order valence-corrected chi connectivity index (χ2v) is 7.59. The van der Waals surface area contributed by atoms with Crippen molar-refractivity contribution in [3.63, 3.8) is 0 Å². The summed E-state index contributed by atoms with van der Waals surface area (Å²) in [6, 6.07) is 9.04. The fourth-order valence-corrected chi connectivity index (χ4v) is 3.89. The molecule has 0 unspecified atom stereocenters. The van der Waals surface area contributed by atoms with Gasteiger partial charge >= 0.3 is 0 Å². The Labute approximate surface area is 162 Å². The second-order valence-electron chi connectivity index (χ2n) is 6.70. The quantitative estimate of drug-likeness (QED) is 0.786. The minimum absolute atomic E-state index is 0.0418. The Kier molecular flexibility index (Phi) is 6.08. The first-order valence-corrected chi connectivity index (χ1v) is 9.80. The molecule has 27 heavy (non-hydrogen) atoms. The lowest BCUT2D eigenvalue weighted by molar-refractivity contribution is -0.167. The van der Waals surface area contributed by atoms with Gasteiger partial charge in [-0.2, -0.15) is 0 Å². The van der Waals surface area contributed by atoms with Crippen LogP contribution in [0.2, 0.25) is 0 Å². The molecular weight excluding hydrogens is 364 g/mol. The summed E-state index contributed by atoms with van der Waals surface area (Å²) in [6.45, 7) is 4.22. The molecule has 7 nitrogen and oxygen atoms in total. The Morgan fingerprint density at radius 2 is 2.15 bits per heavy atom. The van der Waals surface area contributed by atoms with Gasteiger partial charge in [-0.1, -0.05) is 30.3 Å². The van der Waals surface area contributed by atoms with Gasteiger partial charge in [-0.25, -0.2) is 4.98 Å². The van der Waals surface area contributed by atoms with Crippen molar-refractivity contribution in [1.82, 2.24) is 15.2 Å². The van der Waals surface area contributed by atoms with E-state index in [2.05, 4.69) is 10.3 Å². The van der Waals surface area contributed by atoms with Crippen LogP contribution < -0.4 is 11.1 Å². The molecule has 3 rings (SSSR count).